The number of amides is 1. The van der Waals surface area contributed by atoms with Gasteiger partial charge in [0, 0.05) is 36.5 Å². The van der Waals surface area contributed by atoms with E-state index in [1.165, 1.54) is 5.56 Å². The zero-order chi connectivity index (χ0) is 21.0. The number of hydrogen-bond donors (Lipinski definition) is 0. The Balaban J connectivity index is 1.50. The summed E-state index contributed by atoms with van der Waals surface area (Å²) in [5, 5.41) is 7.52. The molecule has 31 heavy (non-hydrogen) atoms. The molecule has 5 rings (SSSR count). The maximum Gasteiger partial charge on any atom is 0.243 e. The number of pyridine rings is 2. The second kappa shape index (κ2) is 8.48. The van der Waals surface area contributed by atoms with Crippen molar-refractivity contribution in [1.29, 1.82) is 0 Å². The van der Waals surface area contributed by atoms with Crippen molar-refractivity contribution in [1.82, 2.24) is 15.0 Å². The molecule has 1 aliphatic rings. The topological polar surface area (TPSA) is 58.5 Å². The van der Waals surface area contributed by atoms with Crippen LogP contribution in [-0.4, -0.2) is 33.1 Å². The van der Waals surface area contributed by atoms with Crippen LogP contribution >= 0.6 is 0 Å². The van der Waals surface area contributed by atoms with Crippen molar-refractivity contribution < 1.29 is 4.79 Å². The lowest BCUT2D eigenvalue weighted by atomic mass is 9.99. The fraction of sp³-hybridized carbons (Fsp3) is 0.154. The first-order valence-electron chi connectivity index (χ1n) is 10.4. The number of fused-ring (bicyclic) bond motifs is 1. The largest absolute Gasteiger partial charge is 0.273 e. The zero-order valence-corrected chi connectivity index (χ0v) is 17.1. The van der Waals surface area contributed by atoms with Crippen molar-refractivity contribution in [2.75, 3.05) is 6.54 Å². The van der Waals surface area contributed by atoms with Gasteiger partial charge < -0.3 is 0 Å². The number of carbonyl (C=O) groups is 1. The maximum atomic E-state index is 12.8. The van der Waals surface area contributed by atoms with Crippen LogP contribution in [0.5, 0.6) is 0 Å². The van der Waals surface area contributed by atoms with E-state index in [0.717, 1.165) is 27.9 Å². The molecule has 1 aliphatic heterocycles. The van der Waals surface area contributed by atoms with Crippen LogP contribution in [0.3, 0.4) is 0 Å². The van der Waals surface area contributed by atoms with Gasteiger partial charge in [-0.3, -0.25) is 14.8 Å². The molecule has 1 unspecified atom stereocenters. The summed E-state index contributed by atoms with van der Waals surface area (Å²) in [6.45, 7) is 0.580. The summed E-state index contributed by atoms with van der Waals surface area (Å²) < 4.78 is 0. The minimum atomic E-state index is 0.0434. The Morgan fingerprint density at radius 2 is 1.71 bits per heavy atom. The smallest absolute Gasteiger partial charge is 0.243 e. The van der Waals surface area contributed by atoms with Crippen LogP contribution in [0.15, 0.2) is 96.4 Å². The molecular weight excluding hydrogens is 384 g/mol. The fourth-order valence-electron chi connectivity index (χ4n) is 4.08. The zero-order valence-electron chi connectivity index (χ0n) is 17.1. The van der Waals surface area contributed by atoms with E-state index in [1.54, 1.807) is 11.2 Å². The predicted octanol–water partition coefficient (Wildman–Crippen LogP) is 4.59. The van der Waals surface area contributed by atoms with E-state index in [4.69, 9.17) is 5.10 Å². The molecule has 152 valence electrons. The first-order valence-corrected chi connectivity index (χ1v) is 10.4. The van der Waals surface area contributed by atoms with Crippen molar-refractivity contribution in [2.45, 2.75) is 18.8 Å². The molecule has 4 aromatic rings. The Labute approximate surface area is 181 Å². The van der Waals surface area contributed by atoms with Gasteiger partial charge in [-0.15, -0.1) is 0 Å². The lowest BCUT2D eigenvalue weighted by molar-refractivity contribution is -0.127. The molecule has 2 aromatic carbocycles. The number of hydrazone groups is 1. The Morgan fingerprint density at radius 1 is 0.903 bits per heavy atom. The molecule has 1 amide bonds. The predicted molar refractivity (Wildman–Crippen MR) is 122 cm³/mol. The van der Waals surface area contributed by atoms with Gasteiger partial charge in [-0.2, -0.15) is 5.10 Å². The second-order valence-corrected chi connectivity index (χ2v) is 7.71. The third kappa shape index (κ3) is 4.08. The van der Waals surface area contributed by atoms with E-state index in [-0.39, 0.29) is 11.8 Å². The van der Waals surface area contributed by atoms with Crippen molar-refractivity contribution in [3.05, 3.63) is 108 Å². The van der Waals surface area contributed by atoms with Gasteiger partial charge in [-0.25, -0.2) is 5.01 Å². The molecule has 0 spiro atoms. The van der Waals surface area contributed by atoms with Crippen LogP contribution in [0.1, 0.15) is 29.2 Å². The van der Waals surface area contributed by atoms with Gasteiger partial charge in [0.05, 0.1) is 23.5 Å². The van der Waals surface area contributed by atoms with Gasteiger partial charge >= 0.3 is 0 Å². The summed E-state index contributed by atoms with van der Waals surface area (Å²) in [7, 11) is 0. The van der Waals surface area contributed by atoms with Gasteiger partial charge in [-0.1, -0.05) is 54.6 Å². The molecule has 5 nitrogen and oxygen atoms in total. The first kappa shape index (κ1) is 19.1. The van der Waals surface area contributed by atoms with Crippen LogP contribution in [-0.2, 0) is 11.2 Å². The van der Waals surface area contributed by atoms with Crippen molar-refractivity contribution in [3.8, 4) is 0 Å². The number of hydrogen-bond acceptors (Lipinski definition) is 4. The minimum Gasteiger partial charge on any atom is -0.273 e. The number of rotatable bonds is 5. The molecule has 1 atom stereocenters. The van der Waals surface area contributed by atoms with Crippen LogP contribution in [0.2, 0.25) is 0 Å². The van der Waals surface area contributed by atoms with Crippen LogP contribution < -0.4 is 0 Å². The molecule has 1 fully saturated rings. The van der Waals surface area contributed by atoms with E-state index in [1.807, 2.05) is 66.9 Å². The summed E-state index contributed by atoms with van der Waals surface area (Å²) in [4.78, 5) is 21.8. The van der Waals surface area contributed by atoms with Crippen molar-refractivity contribution in [2.24, 2.45) is 5.10 Å². The molecule has 2 aromatic heterocycles. The molecule has 0 radical (unpaired) electrons. The van der Waals surface area contributed by atoms with Crippen LogP contribution in [0.4, 0.5) is 0 Å². The van der Waals surface area contributed by atoms with Gasteiger partial charge in [-0.05, 0) is 35.4 Å². The maximum absolute atomic E-state index is 12.8. The molecule has 5 heteroatoms. The molecule has 0 saturated carbocycles. The summed E-state index contributed by atoms with van der Waals surface area (Å²) in [5.41, 5.74) is 4.79. The molecule has 0 aliphatic carbocycles. The van der Waals surface area contributed by atoms with Gasteiger partial charge in [0.15, 0.2) is 0 Å². The van der Waals surface area contributed by atoms with E-state index in [0.29, 0.717) is 19.4 Å². The highest BCUT2D eigenvalue weighted by molar-refractivity contribution is 6.02. The normalized spacial score (nSPS) is 16.8. The first-order chi connectivity index (χ1) is 15.3. The van der Waals surface area contributed by atoms with Crippen molar-refractivity contribution in [3.63, 3.8) is 0 Å². The quantitative estimate of drug-likeness (QED) is 0.456. The Morgan fingerprint density at radius 3 is 2.55 bits per heavy atom. The molecule has 3 heterocycles. The average molecular weight is 406 g/mol. The fourth-order valence-corrected chi connectivity index (χ4v) is 4.08. The van der Waals surface area contributed by atoms with E-state index < -0.39 is 0 Å². The number of carbonyl (C=O) groups excluding carboxylic acids is 1. The third-order valence-corrected chi connectivity index (χ3v) is 5.67. The van der Waals surface area contributed by atoms with E-state index >= 15 is 0 Å². The summed E-state index contributed by atoms with van der Waals surface area (Å²) >= 11 is 0. The van der Waals surface area contributed by atoms with E-state index in [2.05, 4.69) is 28.2 Å². The summed E-state index contributed by atoms with van der Waals surface area (Å²) in [6, 6.07) is 26.0. The standard InChI is InChI=1S/C26H22N4O/c31-26-17-21(19-8-2-1-3-9-19)18-30(26)29-25(24-12-6-7-14-27-24)16-20-13-15-28-23-11-5-4-10-22(20)23/h1-15,21H,16-18H2. The van der Waals surface area contributed by atoms with Gasteiger partial charge in [0.2, 0.25) is 5.91 Å². The number of para-hydroxylation sites is 1. The highest BCUT2D eigenvalue weighted by Gasteiger charge is 2.31. The average Bonchev–Trinajstić information content (AvgIpc) is 3.20. The number of nitrogens with zero attached hydrogens (tertiary/aromatic N) is 4. The lowest BCUT2D eigenvalue weighted by Crippen LogP contribution is -2.23. The molecular formula is C26H22N4O. The molecule has 0 bridgehead atoms. The molecule has 0 N–H and O–H groups in total. The Kier molecular flexibility index (Phi) is 5.23. The lowest BCUT2D eigenvalue weighted by Gasteiger charge is -2.15. The second-order valence-electron chi connectivity index (χ2n) is 7.71. The summed E-state index contributed by atoms with van der Waals surface area (Å²) in [6.07, 6.45) is 4.62. The van der Waals surface area contributed by atoms with Crippen molar-refractivity contribution >= 4 is 22.5 Å². The van der Waals surface area contributed by atoms with E-state index in [9.17, 15) is 4.79 Å². The van der Waals surface area contributed by atoms with Crippen LogP contribution in [0.25, 0.3) is 10.9 Å². The Bertz CT molecular complexity index is 1230. The summed E-state index contributed by atoms with van der Waals surface area (Å²) in [5.74, 6) is 0.200. The third-order valence-electron chi connectivity index (χ3n) is 5.67. The number of benzene rings is 2. The van der Waals surface area contributed by atoms with Crippen LogP contribution in [0, 0.1) is 0 Å². The van der Waals surface area contributed by atoms with Gasteiger partial charge in [0.1, 0.15) is 0 Å². The molecule has 1 saturated heterocycles. The van der Waals surface area contributed by atoms with Gasteiger partial charge in [0.25, 0.3) is 0 Å². The highest BCUT2D eigenvalue weighted by atomic mass is 16.2. The monoisotopic (exact) mass is 406 g/mol. The minimum absolute atomic E-state index is 0.0434. The Hall–Kier alpha value is -3.86. The highest BCUT2D eigenvalue weighted by Crippen LogP contribution is 2.28. The SMILES string of the molecule is O=C1CC(c2ccccc2)CN1N=C(Cc1ccnc2ccccc12)c1ccccn1. The number of aromatic nitrogens is 2.